The maximum atomic E-state index is 12.0. The molecule has 0 aromatic carbocycles. The number of nitrogens with zero attached hydrogens (tertiary/aromatic N) is 1. The van der Waals surface area contributed by atoms with E-state index in [0.29, 0.717) is 25.3 Å². The Morgan fingerprint density at radius 1 is 1.47 bits per heavy atom. The van der Waals surface area contributed by atoms with Gasteiger partial charge in [-0.3, -0.25) is 4.79 Å². The van der Waals surface area contributed by atoms with Crippen LogP contribution in [0.15, 0.2) is 0 Å². The molecule has 1 rings (SSSR count). The molecule has 1 unspecified atom stereocenters. The van der Waals surface area contributed by atoms with Crippen molar-refractivity contribution in [3.05, 3.63) is 0 Å². The van der Waals surface area contributed by atoms with E-state index in [1.165, 1.54) is 0 Å². The van der Waals surface area contributed by atoms with Crippen LogP contribution in [-0.2, 0) is 19.6 Å². The number of ether oxygens (including phenoxy) is 1. The van der Waals surface area contributed by atoms with Crippen molar-refractivity contribution in [2.24, 2.45) is 5.73 Å². The van der Waals surface area contributed by atoms with Gasteiger partial charge in [0, 0.05) is 12.4 Å². The van der Waals surface area contributed by atoms with Gasteiger partial charge in [0.2, 0.25) is 15.9 Å². The SMILES string of the molecule is NC(=O)C1COCCN1S(=O)(=O)CCCCCl. The average molecular weight is 285 g/mol. The van der Waals surface area contributed by atoms with Crippen molar-refractivity contribution >= 4 is 27.5 Å². The number of hydrogen-bond acceptors (Lipinski definition) is 4. The molecule has 8 heteroatoms. The molecular formula is C9H17ClN2O4S. The number of halogens is 1. The van der Waals surface area contributed by atoms with Crippen molar-refractivity contribution in [1.29, 1.82) is 0 Å². The predicted molar refractivity (Wildman–Crippen MR) is 64.2 cm³/mol. The summed E-state index contributed by atoms with van der Waals surface area (Å²) >= 11 is 5.49. The van der Waals surface area contributed by atoms with E-state index in [2.05, 4.69) is 0 Å². The Morgan fingerprint density at radius 2 is 2.18 bits per heavy atom. The summed E-state index contributed by atoms with van der Waals surface area (Å²) in [4.78, 5) is 11.2. The van der Waals surface area contributed by atoms with Gasteiger partial charge < -0.3 is 10.5 Å². The summed E-state index contributed by atoms with van der Waals surface area (Å²) < 4.78 is 30.2. The first-order valence-electron chi connectivity index (χ1n) is 5.41. The number of hydrogen-bond donors (Lipinski definition) is 1. The molecule has 1 fully saturated rings. The highest BCUT2D eigenvalue weighted by atomic mass is 35.5. The molecule has 100 valence electrons. The summed E-state index contributed by atoms with van der Waals surface area (Å²) in [7, 11) is -3.46. The fourth-order valence-corrected chi connectivity index (χ4v) is 3.54. The number of carbonyl (C=O) groups excluding carboxylic acids is 1. The fraction of sp³-hybridized carbons (Fsp3) is 0.889. The predicted octanol–water partition coefficient (Wildman–Crippen LogP) is -0.479. The smallest absolute Gasteiger partial charge is 0.238 e. The third kappa shape index (κ3) is 4.09. The molecule has 1 aliphatic rings. The Hall–Kier alpha value is -0.370. The number of rotatable bonds is 6. The van der Waals surface area contributed by atoms with E-state index in [1.807, 2.05) is 0 Å². The van der Waals surface area contributed by atoms with Crippen LogP contribution in [0.5, 0.6) is 0 Å². The van der Waals surface area contributed by atoms with E-state index in [9.17, 15) is 13.2 Å². The van der Waals surface area contributed by atoms with Crippen LogP contribution in [-0.4, -0.2) is 56.1 Å². The van der Waals surface area contributed by atoms with Crippen molar-refractivity contribution in [3.63, 3.8) is 0 Å². The maximum Gasteiger partial charge on any atom is 0.238 e. The Kier molecular flexibility index (Phi) is 5.64. The molecule has 0 aromatic heterocycles. The first-order chi connectivity index (χ1) is 7.99. The fourth-order valence-electron chi connectivity index (χ4n) is 1.64. The van der Waals surface area contributed by atoms with Gasteiger partial charge in [0.05, 0.1) is 19.0 Å². The number of nitrogens with two attached hydrogens (primary N) is 1. The van der Waals surface area contributed by atoms with E-state index in [1.54, 1.807) is 0 Å². The van der Waals surface area contributed by atoms with Crippen LogP contribution in [0.3, 0.4) is 0 Å². The van der Waals surface area contributed by atoms with Crippen LogP contribution in [0.4, 0.5) is 0 Å². The molecule has 0 radical (unpaired) electrons. The quantitative estimate of drug-likeness (QED) is 0.527. The molecule has 0 spiro atoms. The normalized spacial score (nSPS) is 22.5. The van der Waals surface area contributed by atoms with Gasteiger partial charge in [0.1, 0.15) is 6.04 Å². The highest BCUT2D eigenvalue weighted by Crippen LogP contribution is 2.14. The van der Waals surface area contributed by atoms with Gasteiger partial charge in [0.25, 0.3) is 0 Å². The second-order valence-electron chi connectivity index (χ2n) is 3.82. The minimum atomic E-state index is -3.46. The molecule has 2 N–H and O–H groups in total. The molecule has 1 aliphatic heterocycles. The summed E-state index contributed by atoms with van der Waals surface area (Å²) in [5, 5.41) is 0. The van der Waals surface area contributed by atoms with Crippen molar-refractivity contribution in [2.45, 2.75) is 18.9 Å². The lowest BCUT2D eigenvalue weighted by Crippen LogP contribution is -2.55. The van der Waals surface area contributed by atoms with E-state index >= 15 is 0 Å². The van der Waals surface area contributed by atoms with Crippen LogP contribution < -0.4 is 5.73 Å². The topological polar surface area (TPSA) is 89.7 Å². The summed E-state index contributed by atoms with van der Waals surface area (Å²) in [6.07, 6.45) is 1.11. The summed E-state index contributed by atoms with van der Waals surface area (Å²) in [5.74, 6) is -0.257. The van der Waals surface area contributed by atoms with E-state index in [0.717, 1.165) is 4.31 Å². The molecular weight excluding hydrogens is 268 g/mol. The second-order valence-corrected chi connectivity index (χ2v) is 6.23. The van der Waals surface area contributed by atoms with Gasteiger partial charge in [-0.25, -0.2) is 8.42 Å². The van der Waals surface area contributed by atoms with E-state index in [4.69, 9.17) is 22.1 Å². The van der Waals surface area contributed by atoms with Gasteiger partial charge >= 0.3 is 0 Å². The lowest BCUT2D eigenvalue weighted by atomic mass is 10.3. The van der Waals surface area contributed by atoms with Crippen LogP contribution in [0.25, 0.3) is 0 Å². The zero-order valence-corrected chi connectivity index (χ0v) is 11.0. The van der Waals surface area contributed by atoms with Crippen molar-refractivity contribution < 1.29 is 17.9 Å². The van der Waals surface area contributed by atoms with Crippen molar-refractivity contribution in [2.75, 3.05) is 31.4 Å². The minimum absolute atomic E-state index is 0.0104. The molecule has 0 saturated carbocycles. The molecule has 0 bridgehead atoms. The third-order valence-electron chi connectivity index (χ3n) is 2.55. The Labute approximate surface area is 106 Å². The Morgan fingerprint density at radius 3 is 2.76 bits per heavy atom. The summed E-state index contributed by atoms with van der Waals surface area (Å²) in [5.41, 5.74) is 5.16. The van der Waals surface area contributed by atoms with Gasteiger partial charge in [-0.2, -0.15) is 4.31 Å². The maximum absolute atomic E-state index is 12.0. The Balaban J connectivity index is 2.69. The number of sulfonamides is 1. The molecule has 1 amide bonds. The first-order valence-corrected chi connectivity index (χ1v) is 7.56. The minimum Gasteiger partial charge on any atom is -0.378 e. The van der Waals surface area contributed by atoms with E-state index < -0.39 is 22.0 Å². The molecule has 1 atom stereocenters. The highest BCUT2D eigenvalue weighted by molar-refractivity contribution is 7.89. The second kappa shape index (κ2) is 6.53. The lowest BCUT2D eigenvalue weighted by Gasteiger charge is -2.32. The Bertz CT molecular complexity index is 360. The zero-order valence-electron chi connectivity index (χ0n) is 9.47. The molecule has 17 heavy (non-hydrogen) atoms. The zero-order chi connectivity index (χ0) is 12.9. The molecule has 0 aliphatic carbocycles. The monoisotopic (exact) mass is 284 g/mol. The van der Waals surface area contributed by atoms with Gasteiger partial charge in [0.15, 0.2) is 0 Å². The van der Waals surface area contributed by atoms with Crippen LogP contribution in [0.1, 0.15) is 12.8 Å². The van der Waals surface area contributed by atoms with Gasteiger partial charge in [-0.05, 0) is 12.8 Å². The largest absolute Gasteiger partial charge is 0.378 e. The number of alkyl halides is 1. The standard InChI is InChI=1S/C9H17ClN2O4S/c10-3-1-2-6-17(14,15)12-4-5-16-7-8(12)9(11)13/h8H,1-7H2,(H2,11,13). The number of primary amides is 1. The van der Waals surface area contributed by atoms with Crippen LogP contribution >= 0.6 is 11.6 Å². The van der Waals surface area contributed by atoms with Crippen molar-refractivity contribution in [1.82, 2.24) is 4.31 Å². The molecule has 6 nitrogen and oxygen atoms in total. The van der Waals surface area contributed by atoms with E-state index in [-0.39, 0.29) is 18.9 Å². The van der Waals surface area contributed by atoms with Crippen molar-refractivity contribution in [3.8, 4) is 0 Å². The van der Waals surface area contributed by atoms with Crippen LogP contribution in [0, 0.1) is 0 Å². The van der Waals surface area contributed by atoms with Crippen LogP contribution in [0.2, 0.25) is 0 Å². The molecule has 1 heterocycles. The number of amides is 1. The first kappa shape index (κ1) is 14.7. The number of unbranched alkanes of at least 4 members (excludes halogenated alkanes) is 1. The molecule has 0 aromatic rings. The summed E-state index contributed by atoms with van der Waals surface area (Å²) in [6, 6.07) is -0.884. The average Bonchev–Trinajstić information content (AvgIpc) is 2.29. The lowest BCUT2D eigenvalue weighted by molar-refractivity contribution is -0.125. The third-order valence-corrected chi connectivity index (χ3v) is 4.77. The summed E-state index contributed by atoms with van der Waals surface area (Å²) in [6.45, 7) is 0.499. The van der Waals surface area contributed by atoms with Gasteiger partial charge in [-0.1, -0.05) is 0 Å². The number of morpholine rings is 1. The molecule has 1 saturated heterocycles. The highest BCUT2D eigenvalue weighted by Gasteiger charge is 2.35. The van der Waals surface area contributed by atoms with Gasteiger partial charge in [-0.15, -0.1) is 11.6 Å². The number of carbonyl (C=O) groups is 1.